The van der Waals surface area contributed by atoms with E-state index in [-0.39, 0.29) is 0 Å². The van der Waals surface area contributed by atoms with Gasteiger partial charge in [0, 0.05) is 23.2 Å². The molecule has 0 saturated carbocycles. The molecule has 3 rings (SSSR count). The number of thiophene rings is 1. The molecule has 21 heavy (non-hydrogen) atoms. The molecule has 0 bridgehead atoms. The van der Waals surface area contributed by atoms with Crippen molar-refractivity contribution < 1.29 is 4.74 Å². The summed E-state index contributed by atoms with van der Waals surface area (Å²) in [7, 11) is 0. The molecule has 3 aromatic rings. The Bertz CT molecular complexity index is 712. The fraction of sp³-hybridized carbons (Fsp3) is 0.0588. The first kappa shape index (κ1) is 14.0. The Kier molecular flexibility index (Phi) is 4.43. The van der Waals surface area contributed by atoms with E-state index >= 15 is 0 Å². The van der Waals surface area contributed by atoms with Crippen molar-refractivity contribution in [3.8, 4) is 11.5 Å². The lowest BCUT2D eigenvalue weighted by Crippen LogP contribution is -1.97. The van der Waals surface area contributed by atoms with Crippen LogP contribution in [-0.4, -0.2) is 0 Å². The van der Waals surface area contributed by atoms with Crippen molar-refractivity contribution in [3.05, 3.63) is 75.9 Å². The van der Waals surface area contributed by atoms with E-state index in [1.165, 1.54) is 4.88 Å². The van der Waals surface area contributed by atoms with Gasteiger partial charge in [0.1, 0.15) is 11.5 Å². The van der Waals surface area contributed by atoms with E-state index in [9.17, 15) is 0 Å². The first-order valence-electron chi connectivity index (χ1n) is 6.61. The number of anilines is 1. The summed E-state index contributed by atoms with van der Waals surface area (Å²) in [6, 6.07) is 21.6. The van der Waals surface area contributed by atoms with E-state index in [0.29, 0.717) is 0 Å². The molecule has 1 aromatic heterocycles. The van der Waals surface area contributed by atoms with Crippen LogP contribution in [0.5, 0.6) is 11.5 Å². The zero-order valence-corrected chi connectivity index (χ0v) is 12.8. The maximum Gasteiger partial charge on any atom is 0.129 e. The summed E-state index contributed by atoms with van der Waals surface area (Å²) < 4.78 is 6.63. The summed E-state index contributed by atoms with van der Waals surface area (Å²) in [4.78, 5) is 1.20. The lowest BCUT2D eigenvalue weighted by atomic mass is 10.3. The van der Waals surface area contributed by atoms with Crippen LogP contribution in [-0.2, 0) is 6.54 Å². The number of ether oxygens (including phenoxy) is 1. The molecule has 0 aliphatic carbocycles. The molecule has 0 spiro atoms. The van der Waals surface area contributed by atoms with Gasteiger partial charge in [-0.25, -0.2) is 0 Å². The smallest absolute Gasteiger partial charge is 0.129 e. The normalized spacial score (nSPS) is 10.3. The third-order valence-electron chi connectivity index (χ3n) is 2.91. The maximum absolute atomic E-state index is 5.93. The van der Waals surface area contributed by atoms with Crippen molar-refractivity contribution in [1.82, 2.24) is 0 Å². The largest absolute Gasteiger partial charge is 0.457 e. The summed E-state index contributed by atoms with van der Waals surface area (Å²) in [5.41, 5.74) is 1.02. The van der Waals surface area contributed by atoms with Crippen LogP contribution in [0.25, 0.3) is 0 Å². The van der Waals surface area contributed by atoms with Gasteiger partial charge in [0.25, 0.3) is 0 Å². The molecular weight excluding hydrogens is 302 g/mol. The van der Waals surface area contributed by atoms with Gasteiger partial charge in [-0.05, 0) is 36.4 Å². The fourth-order valence-corrected chi connectivity index (χ4v) is 2.96. The van der Waals surface area contributed by atoms with E-state index < -0.39 is 0 Å². The molecule has 0 radical (unpaired) electrons. The number of benzene rings is 2. The Morgan fingerprint density at radius 3 is 2.48 bits per heavy atom. The number of hydrogen-bond donors (Lipinski definition) is 1. The third-order valence-corrected chi connectivity index (χ3v) is 4.14. The minimum atomic E-state index is 0.756. The Labute approximate surface area is 133 Å². The fourth-order valence-electron chi connectivity index (χ4n) is 1.93. The maximum atomic E-state index is 5.93. The number of hydrogen-bond acceptors (Lipinski definition) is 3. The lowest BCUT2D eigenvalue weighted by Gasteiger charge is -2.09. The second-order valence-electron chi connectivity index (χ2n) is 4.50. The minimum absolute atomic E-state index is 0.756. The molecule has 2 aromatic carbocycles. The zero-order valence-electron chi connectivity index (χ0n) is 11.3. The van der Waals surface area contributed by atoms with E-state index in [4.69, 9.17) is 16.3 Å². The second-order valence-corrected chi connectivity index (χ2v) is 6.30. The van der Waals surface area contributed by atoms with E-state index in [1.807, 2.05) is 66.7 Å². The third kappa shape index (κ3) is 4.00. The average molecular weight is 316 g/mol. The summed E-state index contributed by atoms with van der Waals surface area (Å²) in [5.74, 6) is 1.65. The summed E-state index contributed by atoms with van der Waals surface area (Å²) in [5, 5.41) is 3.37. The van der Waals surface area contributed by atoms with Crippen molar-refractivity contribution in [2.24, 2.45) is 0 Å². The van der Waals surface area contributed by atoms with Gasteiger partial charge in [-0.3, -0.25) is 0 Å². The van der Waals surface area contributed by atoms with Crippen LogP contribution in [0.1, 0.15) is 4.88 Å². The molecule has 0 aliphatic rings. The standard InChI is InChI=1S/C17H14ClNOS/c18-17-10-9-16(21-17)12-19-13-5-4-8-15(11-13)20-14-6-2-1-3-7-14/h1-11,19H,12H2. The molecule has 0 fully saturated rings. The summed E-state index contributed by atoms with van der Waals surface area (Å²) in [6.07, 6.45) is 0. The lowest BCUT2D eigenvalue weighted by molar-refractivity contribution is 0.483. The first-order valence-corrected chi connectivity index (χ1v) is 7.80. The van der Waals surface area contributed by atoms with Crippen LogP contribution in [0, 0.1) is 0 Å². The Balaban J connectivity index is 1.65. The van der Waals surface area contributed by atoms with Crippen LogP contribution < -0.4 is 10.1 Å². The molecule has 2 nitrogen and oxygen atoms in total. The molecule has 0 saturated heterocycles. The van der Waals surface area contributed by atoms with Gasteiger partial charge >= 0.3 is 0 Å². The van der Waals surface area contributed by atoms with Gasteiger partial charge in [0.15, 0.2) is 0 Å². The summed E-state index contributed by atoms with van der Waals surface area (Å²) >= 11 is 7.51. The van der Waals surface area contributed by atoms with Crippen LogP contribution in [0.3, 0.4) is 0 Å². The highest BCUT2D eigenvalue weighted by Gasteiger charge is 2.01. The summed E-state index contributed by atoms with van der Waals surface area (Å²) in [6.45, 7) is 0.756. The van der Waals surface area contributed by atoms with Crippen LogP contribution in [0.4, 0.5) is 5.69 Å². The molecular formula is C17H14ClNOS. The average Bonchev–Trinajstić information content (AvgIpc) is 2.92. The second kappa shape index (κ2) is 6.66. The first-order chi connectivity index (χ1) is 10.3. The number of nitrogens with one attached hydrogen (secondary N) is 1. The van der Waals surface area contributed by atoms with Gasteiger partial charge in [-0.15, -0.1) is 11.3 Å². The van der Waals surface area contributed by atoms with E-state index in [2.05, 4.69) is 5.32 Å². The Hall–Kier alpha value is -1.97. The van der Waals surface area contributed by atoms with Crippen molar-refractivity contribution >= 4 is 28.6 Å². The SMILES string of the molecule is Clc1ccc(CNc2cccc(Oc3ccccc3)c2)s1. The number of para-hydroxylation sites is 1. The topological polar surface area (TPSA) is 21.3 Å². The molecule has 1 N–H and O–H groups in total. The van der Waals surface area contributed by atoms with Crippen molar-refractivity contribution in [2.45, 2.75) is 6.54 Å². The van der Waals surface area contributed by atoms with E-state index in [0.717, 1.165) is 28.1 Å². The van der Waals surface area contributed by atoms with Crippen LogP contribution in [0.15, 0.2) is 66.7 Å². The van der Waals surface area contributed by atoms with Crippen molar-refractivity contribution in [1.29, 1.82) is 0 Å². The molecule has 0 amide bonds. The Morgan fingerprint density at radius 2 is 1.71 bits per heavy atom. The highest BCUT2D eigenvalue weighted by molar-refractivity contribution is 7.16. The highest BCUT2D eigenvalue weighted by Crippen LogP contribution is 2.25. The molecule has 0 unspecified atom stereocenters. The molecule has 0 atom stereocenters. The van der Waals surface area contributed by atoms with Crippen molar-refractivity contribution in [3.63, 3.8) is 0 Å². The predicted molar refractivity (Wildman–Crippen MR) is 89.6 cm³/mol. The van der Waals surface area contributed by atoms with Gasteiger partial charge in [-0.2, -0.15) is 0 Å². The monoisotopic (exact) mass is 315 g/mol. The minimum Gasteiger partial charge on any atom is -0.457 e. The predicted octanol–water partition coefficient (Wildman–Crippen LogP) is 5.81. The highest BCUT2D eigenvalue weighted by atomic mass is 35.5. The number of rotatable bonds is 5. The molecule has 0 aliphatic heterocycles. The quantitative estimate of drug-likeness (QED) is 0.642. The van der Waals surface area contributed by atoms with Gasteiger partial charge in [0.2, 0.25) is 0 Å². The van der Waals surface area contributed by atoms with Gasteiger partial charge in [-0.1, -0.05) is 35.9 Å². The van der Waals surface area contributed by atoms with Crippen LogP contribution in [0.2, 0.25) is 4.34 Å². The van der Waals surface area contributed by atoms with Gasteiger partial charge in [0.05, 0.1) is 4.34 Å². The zero-order chi connectivity index (χ0) is 14.5. The van der Waals surface area contributed by atoms with Gasteiger partial charge < -0.3 is 10.1 Å². The van der Waals surface area contributed by atoms with Crippen LogP contribution >= 0.6 is 22.9 Å². The molecule has 1 heterocycles. The molecule has 4 heteroatoms. The van der Waals surface area contributed by atoms with Crippen molar-refractivity contribution in [2.75, 3.05) is 5.32 Å². The Morgan fingerprint density at radius 1 is 0.905 bits per heavy atom. The number of halogens is 1. The van der Waals surface area contributed by atoms with E-state index in [1.54, 1.807) is 11.3 Å². The molecule has 106 valence electrons.